The van der Waals surface area contributed by atoms with E-state index >= 15 is 0 Å². The van der Waals surface area contributed by atoms with Gasteiger partial charge in [-0.05, 0) is 18.8 Å². The molecule has 0 aromatic rings. The Kier molecular flexibility index (Phi) is 2.35. The van der Waals surface area contributed by atoms with Crippen molar-refractivity contribution in [3.05, 3.63) is 0 Å². The summed E-state index contributed by atoms with van der Waals surface area (Å²) < 4.78 is 0. The first-order valence-electron chi connectivity index (χ1n) is 5.55. The van der Waals surface area contributed by atoms with E-state index in [-0.39, 0.29) is 11.9 Å². The minimum atomic E-state index is 0.148. The number of hydrogen-bond donors (Lipinski definition) is 2. The molecule has 2 unspecified atom stereocenters. The minimum absolute atomic E-state index is 0.148. The van der Waals surface area contributed by atoms with Crippen molar-refractivity contribution in [2.75, 3.05) is 13.1 Å². The fourth-order valence-corrected chi connectivity index (χ4v) is 3.35. The Morgan fingerprint density at radius 3 is 3.00 bits per heavy atom. The largest absolute Gasteiger partial charge is 0.360 e. The molecule has 2 N–H and O–H groups in total. The first-order valence-corrected chi connectivity index (χ1v) is 6.43. The van der Waals surface area contributed by atoms with Gasteiger partial charge in [0.1, 0.15) is 0 Å². The van der Waals surface area contributed by atoms with Gasteiger partial charge in [-0.3, -0.25) is 9.79 Å². The Hall–Kier alpha value is -0.710. The van der Waals surface area contributed by atoms with E-state index in [0.717, 1.165) is 24.2 Å². The molecule has 2 fully saturated rings. The zero-order valence-electron chi connectivity index (χ0n) is 8.53. The van der Waals surface area contributed by atoms with E-state index < -0.39 is 0 Å². The van der Waals surface area contributed by atoms with Crippen LogP contribution in [0, 0.1) is 5.92 Å². The van der Waals surface area contributed by atoms with Crippen molar-refractivity contribution in [3.63, 3.8) is 0 Å². The second-order valence-electron chi connectivity index (χ2n) is 4.49. The normalized spacial score (nSPS) is 35.2. The van der Waals surface area contributed by atoms with E-state index in [1.54, 1.807) is 0 Å². The summed E-state index contributed by atoms with van der Waals surface area (Å²) in [5.74, 6) is 1.05. The molecule has 82 valence electrons. The molecule has 0 bridgehead atoms. The highest BCUT2D eigenvalue weighted by Crippen LogP contribution is 2.41. The number of aliphatic imine (C=N–C) groups is 1. The molecule has 3 rings (SSSR count). The summed E-state index contributed by atoms with van der Waals surface area (Å²) >= 11 is 1.87. The Morgan fingerprint density at radius 2 is 2.33 bits per heavy atom. The number of nitrogens with one attached hydrogen (secondary N) is 2. The molecule has 0 aromatic heterocycles. The predicted molar refractivity (Wildman–Crippen MR) is 61.0 cm³/mol. The zero-order chi connectivity index (χ0) is 10.3. The minimum Gasteiger partial charge on any atom is -0.360 e. The lowest BCUT2D eigenvalue weighted by atomic mass is 10.3. The van der Waals surface area contributed by atoms with Gasteiger partial charge >= 0.3 is 0 Å². The van der Waals surface area contributed by atoms with Crippen LogP contribution in [-0.2, 0) is 4.79 Å². The molecular formula is C10H15N3OS. The van der Waals surface area contributed by atoms with Crippen LogP contribution in [0.15, 0.2) is 4.99 Å². The van der Waals surface area contributed by atoms with E-state index in [0.29, 0.717) is 11.7 Å². The number of carbonyl (C=O) groups excluding carboxylic acids is 1. The maximum absolute atomic E-state index is 11.0. The summed E-state index contributed by atoms with van der Waals surface area (Å²) in [6.07, 6.45) is 3.35. The third kappa shape index (κ3) is 2.12. The summed E-state index contributed by atoms with van der Waals surface area (Å²) in [7, 11) is 0. The molecule has 2 atom stereocenters. The molecule has 1 saturated carbocycles. The van der Waals surface area contributed by atoms with Gasteiger partial charge in [-0.1, -0.05) is 11.8 Å². The Morgan fingerprint density at radius 1 is 1.47 bits per heavy atom. The van der Waals surface area contributed by atoms with Gasteiger partial charge in [0.15, 0.2) is 5.17 Å². The number of hydrogen-bond acceptors (Lipinski definition) is 4. The third-order valence-corrected chi connectivity index (χ3v) is 4.44. The fourth-order valence-electron chi connectivity index (χ4n) is 2.07. The first kappa shape index (κ1) is 9.51. The first-order chi connectivity index (χ1) is 7.31. The summed E-state index contributed by atoms with van der Waals surface area (Å²) in [6.45, 7) is 1.71. The molecule has 0 spiro atoms. The third-order valence-electron chi connectivity index (χ3n) is 3.13. The molecule has 1 saturated heterocycles. The molecular weight excluding hydrogens is 210 g/mol. The predicted octanol–water partition coefficient (Wildman–Crippen LogP) is 0.346. The van der Waals surface area contributed by atoms with Crippen molar-refractivity contribution < 1.29 is 4.79 Å². The van der Waals surface area contributed by atoms with Crippen LogP contribution >= 0.6 is 11.8 Å². The Labute approximate surface area is 93.3 Å². The molecule has 15 heavy (non-hydrogen) atoms. The lowest BCUT2D eigenvalue weighted by Gasteiger charge is -2.11. The van der Waals surface area contributed by atoms with Gasteiger partial charge in [0, 0.05) is 18.2 Å². The maximum atomic E-state index is 11.0. The highest BCUT2D eigenvalue weighted by molar-refractivity contribution is 8.14. The van der Waals surface area contributed by atoms with Crippen molar-refractivity contribution in [2.24, 2.45) is 10.9 Å². The van der Waals surface area contributed by atoms with Gasteiger partial charge in [0.2, 0.25) is 5.91 Å². The van der Waals surface area contributed by atoms with Gasteiger partial charge in [0.05, 0.1) is 12.6 Å². The van der Waals surface area contributed by atoms with Crippen molar-refractivity contribution in [1.29, 1.82) is 0 Å². The molecule has 1 aliphatic carbocycles. The van der Waals surface area contributed by atoms with Crippen LogP contribution in [0.4, 0.5) is 0 Å². The van der Waals surface area contributed by atoms with Crippen LogP contribution in [0.5, 0.6) is 0 Å². The maximum Gasteiger partial charge on any atom is 0.222 e. The van der Waals surface area contributed by atoms with Crippen LogP contribution in [0.1, 0.15) is 19.3 Å². The molecule has 0 aromatic carbocycles. The number of carbonyl (C=O) groups is 1. The fraction of sp³-hybridized carbons (Fsp3) is 0.800. The lowest BCUT2D eigenvalue weighted by molar-refractivity contribution is -0.119. The van der Waals surface area contributed by atoms with E-state index in [4.69, 9.17) is 0 Å². The monoisotopic (exact) mass is 225 g/mol. The molecule has 3 aliphatic rings. The van der Waals surface area contributed by atoms with E-state index in [2.05, 4.69) is 15.6 Å². The van der Waals surface area contributed by atoms with Crippen molar-refractivity contribution in [3.8, 4) is 0 Å². The summed E-state index contributed by atoms with van der Waals surface area (Å²) in [5, 5.41) is 7.93. The summed E-state index contributed by atoms with van der Waals surface area (Å²) in [6, 6.07) is 0.252. The van der Waals surface area contributed by atoms with Crippen LogP contribution < -0.4 is 10.6 Å². The second-order valence-corrected chi connectivity index (χ2v) is 5.72. The second kappa shape index (κ2) is 3.70. The van der Waals surface area contributed by atoms with Gasteiger partial charge in [-0.15, -0.1) is 0 Å². The van der Waals surface area contributed by atoms with E-state index in [1.165, 1.54) is 12.8 Å². The number of nitrogens with zero attached hydrogens (tertiary/aromatic N) is 1. The van der Waals surface area contributed by atoms with E-state index in [1.807, 2.05) is 11.8 Å². The Balaban J connectivity index is 1.49. The van der Waals surface area contributed by atoms with Crippen LogP contribution in [-0.4, -0.2) is 35.5 Å². The number of thioether (sulfide) groups is 1. The van der Waals surface area contributed by atoms with Gasteiger partial charge in [0.25, 0.3) is 0 Å². The summed E-state index contributed by atoms with van der Waals surface area (Å²) in [4.78, 5) is 15.5. The van der Waals surface area contributed by atoms with Crippen molar-refractivity contribution in [2.45, 2.75) is 30.6 Å². The highest BCUT2D eigenvalue weighted by Gasteiger charge is 2.36. The lowest BCUT2D eigenvalue weighted by Crippen LogP contribution is -2.34. The SMILES string of the molecule is O=C1CC(NC2=NCC(C3CC3)S2)CN1. The van der Waals surface area contributed by atoms with Crippen molar-refractivity contribution in [1.82, 2.24) is 10.6 Å². The molecule has 1 amide bonds. The average molecular weight is 225 g/mol. The molecule has 5 heteroatoms. The van der Waals surface area contributed by atoms with Crippen LogP contribution in [0.25, 0.3) is 0 Å². The average Bonchev–Trinajstić information content (AvgIpc) is 2.84. The number of amidine groups is 1. The topological polar surface area (TPSA) is 53.5 Å². The quantitative estimate of drug-likeness (QED) is 0.713. The van der Waals surface area contributed by atoms with Crippen LogP contribution in [0.3, 0.4) is 0 Å². The molecule has 4 nitrogen and oxygen atoms in total. The van der Waals surface area contributed by atoms with Gasteiger partial charge < -0.3 is 10.6 Å². The van der Waals surface area contributed by atoms with E-state index in [9.17, 15) is 4.79 Å². The highest BCUT2D eigenvalue weighted by atomic mass is 32.2. The van der Waals surface area contributed by atoms with Crippen molar-refractivity contribution >= 4 is 22.8 Å². The summed E-state index contributed by atoms with van der Waals surface area (Å²) in [5.41, 5.74) is 0. The standard InChI is InChI=1S/C10H15N3OS/c14-9-3-7(4-11-9)13-10-12-5-8(15-10)6-1-2-6/h6-8H,1-5H2,(H,11,14)(H,12,13). The number of rotatable bonds is 2. The molecule has 0 radical (unpaired) electrons. The zero-order valence-corrected chi connectivity index (χ0v) is 9.35. The smallest absolute Gasteiger partial charge is 0.222 e. The molecule has 2 heterocycles. The Bertz CT molecular complexity index is 314. The van der Waals surface area contributed by atoms with Gasteiger partial charge in [-0.2, -0.15) is 0 Å². The van der Waals surface area contributed by atoms with Crippen LogP contribution in [0.2, 0.25) is 0 Å². The molecule has 2 aliphatic heterocycles. The van der Waals surface area contributed by atoms with Gasteiger partial charge in [-0.25, -0.2) is 0 Å². The number of amides is 1.